The molecule has 0 aliphatic carbocycles. The van der Waals surface area contributed by atoms with E-state index in [4.69, 9.17) is 76.6 Å². The summed E-state index contributed by atoms with van der Waals surface area (Å²) in [5, 5.41) is 35.2. The number of benzene rings is 8. The lowest BCUT2D eigenvalue weighted by molar-refractivity contribution is -0.465. The molecule has 14 heteroatoms. The van der Waals surface area contributed by atoms with Gasteiger partial charge in [0.1, 0.15) is 34.5 Å². The van der Waals surface area contributed by atoms with Gasteiger partial charge in [-0.05, 0) is 194 Å². The topological polar surface area (TPSA) is 160 Å². The summed E-state index contributed by atoms with van der Waals surface area (Å²) in [6.45, 7) is 0. The molecule has 8 rings (SSSR count). The molecular formula is C51H36Cl4O10. The fraction of sp³-hybridized carbons (Fsp3) is 0. The van der Waals surface area contributed by atoms with Crippen molar-refractivity contribution in [1.82, 2.24) is 0 Å². The standard InChI is InChI=1S/C32H20Cl2O4.C13H8Cl2O.C6H6O2.H2O3/c33-25-9-1-21(2-10-25)31(35)23-5-13-27(14-6-23)37-29-17-19-30(20-18-29)38-28-15-7-24(8-16-28)32(36)22-3-11-26(34)12-4-22;14-11-5-1-9(2-6-11)13(16)10-3-7-12(15)8-4-10;7-5-1-2-6(8)4-3-5;1-3-2/h1-20H;1-8H;1-4,7-8H;1-2H. The summed E-state index contributed by atoms with van der Waals surface area (Å²) in [6, 6.07) is 54.0. The van der Waals surface area contributed by atoms with Gasteiger partial charge in [0, 0.05) is 53.5 Å². The Bertz CT molecular complexity index is 2560. The first-order chi connectivity index (χ1) is 31.3. The number of hydrogen-bond donors (Lipinski definition) is 4. The zero-order valence-corrected chi connectivity index (χ0v) is 36.7. The van der Waals surface area contributed by atoms with Crippen LogP contribution in [-0.4, -0.2) is 38.1 Å². The van der Waals surface area contributed by atoms with Gasteiger partial charge in [-0.25, -0.2) is 10.5 Å². The highest BCUT2D eigenvalue weighted by Gasteiger charge is 2.12. The fourth-order valence-electron chi connectivity index (χ4n) is 5.55. The average Bonchev–Trinajstić information content (AvgIpc) is 3.32. The van der Waals surface area contributed by atoms with Crippen molar-refractivity contribution >= 4 is 63.8 Å². The lowest BCUT2D eigenvalue weighted by atomic mass is 10.0. The van der Waals surface area contributed by atoms with E-state index in [0.29, 0.717) is 76.5 Å². The van der Waals surface area contributed by atoms with Gasteiger partial charge in [-0.3, -0.25) is 14.4 Å². The third-order valence-electron chi connectivity index (χ3n) is 8.80. The number of carbonyl (C=O) groups excluding carboxylic acids is 3. The lowest BCUT2D eigenvalue weighted by Gasteiger charge is -2.09. The number of aromatic hydroxyl groups is 2. The molecule has 328 valence electrons. The van der Waals surface area contributed by atoms with E-state index >= 15 is 0 Å². The van der Waals surface area contributed by atoms with Gasteiger partial charge < -0.3 is 19.7 Å². The zero-order chi connectivity index (χ0) is 46.7. The fourth-order valence-corrected chi connectivity index (χ4v) is 6.06. The van der Waals surface area contributed by atoms with Crippen LogP contribution in [0, 0.1) is 0 Å². The lowest BCUT2D eigenvalue weighted by Crippen LogP contribution is -2.00. The van der Waals surface area contributed by atoms with E-state index in [9.17, 15) is 14.4 Å². The number of phenols is 2. The molecule has 0 spiro atoms. The van der Waals surface area contributed by atoms with Crippen molar-refractivity contribution in [2.24, 2.45) is 0 Å². The van der Waals surface area contributed by atoms with Crippen LogP contribution in [-0.2, 0) is 5.04 Å². The van der Waals surface area contributed by atoms with E-state index < -0.39 is 0 Å². The minimum atomic E-state index is -0.0860. The average molecular weight is 951 g/mol. The maximum absolute atomic E-state index is 12.6. The molecule has 10 nitrogen and oxygen atoms in total. The van der Waals surface area contributed by atoms with Crippen molar-refractivity contribution in [3.63, 3.8) is 0 Å². The van der Waals surface area contributed by atoms with E-state index in [1.807, 2.05) is 0 Å². The second-order valence-corrected chi connectivity index (χ2v) is 15.1. The third-order valence-corrected chi connectivity index (χ3v) is 9.81. The Labute approximate surface area is 393 Å². The van der Waals surface area contributed by atoms with Gasteiger partial charge in [-0.15, -0.1) is 0 Å². The number of phenolic OH excluding ortho intramolecular Hbond substituents is 2. The Morgan fingerprint density at radius 1 is 0.292 bits per heavy atom. The summed E-state index contributed by atoms with van der Waals surface area (Å²) >= 11 is 23.3. The van der Waals surface area contributed by atoms with E-state index in [0.717, 1.165) is 0 Å². The Morgan fingerprint density at radius 2 is 0.446 bits per heavy atom. The van der Waals surface area contributed by atoms with Gasteiger partial charge in [0.25, 0.3) is 0 Å². The summed E-state index contributed by atoms with van der Waals surface area (Å²) in [5.41, 5.74) is 3.50. The molecule has 0 saturated heterocycles. The summed E-state index contributed by atoms with van der Waals surface area (Å²) in [5.74, 6) is 2.59. The minimum Gasteiger partial charge on any atom is -0.508 e. The minimum absolute atomic E-state index is 0.0340. The molecule has 0 atom stereocenters. The van der Waals surface area contributed by atoms with Crippen LogP contribution in [0.4, 0.5) is 0 Å². The van der Waals surface area contributed by atoms with E-state index in [1.165, 1.54) is 24.3 Å². The van der Waals surface area contributed by atoms with Crippen molar-refractivity contribution in [2.75, 3.05) is 0 Å². The SMILES string of the molecule is O=C(c1ccc(Cl)cc1)c1ccc(Cl)cc1.O=C(c1ccc(Cl)cc1)c1ccc(Oc2ccc(Oc3ccc(C(=O)c4ccc(Cl)cc4)cc3)cc2)cc1.OOO.Oc1ccc(O)cc1. The molecule has 8 aromatic carbocycles. The number of hydrogen-bond acceptors (Lipinski definition) is 10. The van der Waals surface area contributed by atoms with E-state index in [2.05, 4.69) is 5.04 Å². The Morgan fingerprint density at radius 3 is 0.631 bits per heavy atom. The Kier molecular flexibility index (Phi) is 18.7. The van der Waals surface area contributed by atoms with Crippen molar-refractivity contribution < 1.29 is 49.6 Å². The molecule has 0 amide bonds. The molecule has 8 aromatic rings. The summed E-state index contributed by atoms with van der Waals surface area (Å²) < 4.78 is 11.8. The van der Waals surface area contributed by atoms with Gasteiger partial charge in [-0.1, -0.05) is 51.4 Å². The van der Waals surface area contributed by atoms with Gasteiger partial charge >= 0.3 is 0 Å². The number of rotatable bonds is 10. The molecule has 0 fully saturated rings. The predicted octanol–water partition coefficient (Wildman–Crippen LogP) is 14.3. The number of ether oxygens (including phenoxy) is 2. The van der Waals surface area contributed by atoms with Gasteiger partial charge in [0.05, 0.1) is 0 Å². The molecule has 65 heavy (non-hydrogen) atoms. The Balaban J connectivity index is 0.000000239. The van der Waals surface area contributed by atoms with Gasteiger partial charge in [0.15, 0.2) is 17.3 Å². The quantitative estimate of drug-likeness (QED) is 0.0450. The monoisotopic (exact) mass is 948 g/mol. The van der Waals surface area contributed by atoms with Crippen LogP contribution < -0.4 is 9.47 Å². The molecular weight excluding hydrogens is 914 g/mol. The van der Waals surface area contributed by atoms with Crippen LogP contribution in [0.3, 0.4) is 0 Å². The first-order valence-corrected chi connectivity index (χ1v) is 20.6. The van der Waals surface area contributed by atoms with Gasteiger partial charge in [-0.2, -0.15) is 0 Å². The van der Waals surface area contributed by atoms with E-state index in [1.54, 1.807) is 170 Å². The highest BCUT2D eigenvalue weighted by atomic mass is 35.5. The molecule has 0 unspecified atom stereocenters. The van der Waals surface area contributed by atoms with Crippen molar-refractivity contribution in [1.29, 1.82) is 0 Å². The zero-order valence-electron chi connectivity index (χ0n) is 33.7. The van der Waals surface area contributed by atoms with Crippen LogP contribution in [0.2, 0.25) is 20.1 Å². The second kappa shape index (κ2) is 24.7. The van der Waals surface area contributed by atoms with Crippen molar-refractivity contribution in [3.8, 4) is 34.5 Å². The van der Waals surface area contributed by atoms with Crippen LogP contribution in [0.25, 0.3) is 0 Å². The smallest absolute Gasteiger partial charge is 0.193 e. The largest absolute Gasteiger partial charge is 0.508 e. The first-order valence-electron chi connectivity index (χ1n) is 19.1. The summed E-state index contributed by atoms with van der Waals surface area (Å²) in [6.07, 6.45) is 0. The Hall–Kier alpha value is -6.99. The molecule has 0 saturated carbocycles. The summed E-state index contributed by atoms with van der Waals surface area (Å²) in [4.78, 5) is 37.2. The molecule has 0 heterocycles. The molecule has 4 N–H and O–H groups in total. The number of ketones is 3. The maximum atomic E-state index is 12.6. The molecule has 0 bridgehead atoms. The van der Waals surface area contributed by atoms with Crippen LogP contribution in [0.1, 0.15) is 47.8 Å². The van der Waals surface area contributed by atoms with Crippen LogP contribution in [0.5, 0.6) is 34.5 Å². The van der Waals surface area contributed by atoms with Crippen LogP contribution in [0.15, 0.2) is 194 Å². The van der Waals surface area contributed by atoms with Crippen molar-refractivity contribution in [2.45, 2.75) is 0 Å². The van der Waals surface area contributed by atoms with Crippen LogP contribution >= 0.6 is 46.4 Å². The third kappa shape index (κ3) is 15.6. The van der Waals surface area contributed by atoms with Crippen molar-refractivity contribution in [3.05, 3.63) is 248 Å². The number of halogens is 4. The van der Waals surface area contributed by atoms with E-state index in [-0.39, 0.29) is 28.8 Å². The summed E-state index contributed by atoms with van der Waals surface area (Å²) in [7, 11) is 0. The predicted molar refractivity (Wildman–Crippen MR) is 252 cm³/mol. The highest BCUT2D eigenvalue weighted by molar-refractivity contribution is 6.31. The highest BCUT2D eigenvalue weighted by Crippen LogP contribution is 2.28. The number of carbonyl (C=O) groups is 3. The molecule has 0 aliphatic heterocycles. The molecule has 0 aliphatic rings. The molecule has 0 aromatic heterocycles. The second-order valence-electron chi connectivity index (χ2n) is 13.3. The maximum Gasteiger partial charge on any atom is 0.193 e. The van der Waals surface area contributed by atoms with Gasteiger partial charge in [0.2, 0.25) is 0 Å². The normalized spacial score (nSPS) is 10.1. The molecule has 0 radical (unpaired) electrons. The first kappa shape index (κ1) is 49.0.